The number of hydrogen-bond acceptors (Lipinski definition) is 9. The van der Waals surface area contributed by atoms with Gasteiger partial charge >= 0.3 is 6.01 Å². The van der Waals surface area contributed by atoms with Crippen LogP contribution in [-0.4, -0.2) is 89.7 Å². The van der Waals surface area contributed by atoms with Crippen molar-refractivity contribution in [2.75, 3.05) is 51.3 Å². The molecule has 0 amide bonds. The number of aromatic hydroxyl groups is 1. The van der Waals surface area contributed by atoms with E-state index >= 15 is 4.39 Å². The van der Waals surface area contributed by atoms with Gasteiger partial charge in [-0.2, -0.15) is 9.97 Å². The van der Waals surface area contributed by atoms with E-state index in [4.69, 9.17) is 20.9 Å². The van der Waals surface area contributed by atoms with Gasteiger partial charge in [0.05, 0.1) is 19.3 Å². The number of pyridine rings is 1. The molecule has 2 aliphatic carbocycles. The number of likely N-dealkylation sites (tertiary alicyclic amines) is 1. The third-order valence-electron chi connectivity index (χ3n) is 11.0. The van der Waals surface area contributed by atoms with E-state index in [9.17, 15) is 13.9 Å². The number of alkyl halides is 1. The fraction of sp³-hybridized carbons (Fsp3) is 0.472. The van der Waals surface area contributed by atoms with Gasteiger partial charge in [-0.3, -0.25) is 0 Å². The van der Waals surface area contributed by atoms with Crippen LogP contribution in [0.3, 0.4) is 0 Å². The molecule has 6 aliphatic rings. The van der Waals surface area contributed by atoms with Crippen molar-refractivity contribution >= 4 is 27.5 Å². The Morgan fingerprint density at radius 1 is 1.08 bits per heavy atom. The average molecular weight is 657 g/mol. The maximum Gasteiger partial charge on any atom is 0.319 e. The predicted molar refractivity (Wildman–Crippen MR) is 174 cm³/mol. The Kier molecular flexibility index (Phi) is 6.56. The number of ether oxygens (including phenoxy) is 2. The van der Waals surface area contributed by atoms with E-state index in [1.807, 2.05) is 0 Å². The van der Waals surface area contributed by atoms with Crippen molar-refractivity contribution in [2.45, 2.75) is 50.4 Å². The van der Waals surface area contributed by atoms with Gasteiger partial charge in [0.15, 0.2) is 5.82 Å². The summed E-state index contributed by atoms with van der Waals surface area (Å²) < 4.78 is 57.5. The lowest BCUT2D eigenvalue weighted by Crippen LogP contribution is -2.67. The van der Waals surface area contributed by atoms with Crippen molar-refractivity contribution in [3.05, 3.63) is 41.5 Å². The number of nitrogens with one attached hydrogen (secondary N) is 1. The summed E-state index contributed by atoms with van der Waals surface area (Å²) in [6.45, 7) is 4.41. The third-order valence-corrected chi connectivity index (χ3v) is 11.0. The highest BCUT2D eigenvalue weighted by atomic mass is 19.1. The van der Waals surface area contributed by atoms with Gasteiger partial charge in [-0.1, -0.05) is 12.0 Å². The average Bonchev–Trinajstić information content (AvgIpc) is 3.81. The van der Waals surface area contributed by atoms with Gasteiger partial charge in [-0.15, -0.1) is 6.42 Å². The number of phenols is 1. The molecule has 2 aromatic carbocycles. The summed E-state index contributed by atoms with van der Waals surface area (Å²) in [7, 11) is 1.44. The number of hydrogen-bond donors (Lipinski definition) is 2. The number of rotatable bonds is 8. The Bertz CT molecular complexity index is 2020. The second-order valence-electron chi connectivity index (χ2n) is 14.6. The number of anilines is 1. The van der Waals surface area contributed by atoms with Crippen LogP contribution >= 0.6 is 0 Å². The van der Waals surface area contributed by atoms with E-state index in [2.05, 4.69) is 31.0 Å². The normalized spacial score (nSPS) is 23.8. The molecule has 10 rings (SSSR count). The van der Waals surface area contributed by atoms with Crippen molar-refractivity contribution in [1.82, 2.24) is 25.2 Å². The maximum absolute atomic E-state index is 17.0. The molecule has 2 unspecified atom stereocenters. The van der Waals surface area contributed by atoms with Crippen LogP contribution in [0.5, 0.6) is 17.6 Å². The largest absolute Gasteiger partial charge is 0.508 e. The van der Waals surface area contributed by atoms with Crippen LogP contribution in [-0.2, 0) is 0 Å². The SMILES string of the molecule is C#Cc1c(F)ccc2cc(O)cc(-c3nc(OC)c4c(N5CC6CC(C5)N6)nc(OCC5(CN6CC7(CC(F)C7)C6)CC5)nc4c3F)c12. The molecule has 4 aromatic rings. The summed E-state index contributed by atoms with van der Waals surface area (Å²) >= 11 is 0. The highest BCUT2D eigenvalue weighted by molar-refractivity contribution is 6.04. The van der Waals surface area contributed by atoms with Gasteiger partial charge in [-0.25, -0.2) is 18.2 Å². The molecule has 4 aliphatic heterocycles. The second-order valence-corrected chi connectivity index (χ2v) is 14.6. The van der Waals surface area contributed by atoms with Crippen LogP contribution in [0.1, 0.15) is 37.7 Å². The molecule has 2 N–H and O–H groups in total. The zero-order valence-electron chi connectivity index (χ0n) is 26.5. The molecular formula is C36H35F3N6O3. The number of piperazine rings is 1. The van der Waals surface area contributed by atoms with Crippen molar-refractivity contribution in [1.29, 1.82) is 0 Å². The summed E-state index contributed by atoms with van der Waals surface area (Å²) in [6, 6.07) is 6.07. The van der Waals surface area contributed by atoms with Gasteiger partial charge < -0.3 is 29.7 Å². The Labute approximate surface area is 275 Å². The Balaban J connectivity index is 1.12. The number of methoxy groups -OCH3 is 1. The van der Waals surface area contributed by atoms with Crippen LogP contribution in [0.15, 0.2) is 24.3 Å². The molecule has 248 valence electrons. The van der Waals surface area contributed by atoms with Crippen molar-refractivity contribution in [2.24, 2.45) is 10.8 Å². The number of fused-ring (bicyclic) bond motifs is 4. The fourth-order valence-corrected chi connectivity index (χ4v) is 8.53. The van der Waals surface area contributed by atoms with Crippen LogP contribution in [0.25, 0.3) is 32.9 Å². The number of benzene rings is 2. The topological polar surface area (TPSA) is 95.9 Å². The summed E-state index contributed by atoms with van der Waals surface area (Å²) in [6.07, 6.45) is 9.44. The molecule has 4 saturated heterocycles. The van der Waals surface area contributed by atoms with Gasteiger partial charge in [0, 0.05) is 66.6 Å². The van der Waals surface area contributed by atoms with Gasteiger partial charge in [0.25, 0.3) is 0 Å². The zero-order chi connectivity index (χ0) is 32.9. The molecule has 2 saturated carbocycles. The lowest BCUT2D eigenvalue weighted by Gasteiger charge is -2.58. The van der Waals surface area contributed by atoms with Crippen LogP contribution < -0.4 is 19.7 Å². The van der Waals surface area contributed by atoms with Crippen molar-refractivity contribution < 1.29 is 27.8 Å². The van der Waals surface area contributed by atoms with E-state index < -0.39 is 17.8 Å². The monoisotopic (exact) mass is 656 g/mol. The Morgan fingerprint density at radius 3 is 2.50 bits per heavy atom. The number of piperidine rings is 1. The van der Waals surface area contributed by atoms with E-state index in [1.165, 1.54) is 31.4 Å². The summed E-state index contributed by atoms with van der Waals surface area (Å²) in [5.74, 6) is 1.33. The minimum Gasteiger partial charge on any atom is -0.508 e. The highest BCUT2D eigenvalue weighted by Gasteiger charge is 2.55. The lowest BCUT2D eigenvalue weighted by molar-refractivity contribution is -0.110. The predicted octanol–water partition coefficient (Wildman–Crippen LogP) is 4.96. The first-order valence-electron chi connectivity index (χ1n) is 16.5. The van der Waals surface area contributed by atoms with Gasteiger partial charge in [0.1, 0.15) is 40.2 Å². The molecule has 48 heavy (non-hydrogen) atoms. The van der Waals surface area contributed by atoms with Crippen molar-refractivity contribution in [3.63, 3.8) is 0 Å². The standard InChI is InChI=1S/C36H35F3N6O3/c1-3-24-26(38)5-4-19-8-23(46)10-25(27(19)24)30-29(39)31-28(33(41-30)47-2)32(45-13-21-9-22(14-45)40-21)43-34(42-31)48-18-35(6-7-35)15-44-16-36(17-44)11-20(37)12-36/h1,4-5,8,10,20-22,40,46H,6-7,9,11-18H2,2H3. The smallest absolute Gasteiger partial charge is 0.319 e. The quantitative estimate of drug-likeness (QED) is 0.255. The first-order valence-corrected chi connectivity index (χ1v) is 16.5. The molecule has 9 nitrogen and oxygen atoms in total. The van der Waals surface area contributed by atoms with Crippen LogP contribution in [0.4, 0.5) is 19.0 Å². The Hall–Kier alpha value is -4.34. The molecular weight excluding hydrogens is 621 g/mol. The number of aromatic nitrogens is 3. The van der Waals surface area contributed by atoms with Gasteiger partial charge in [-0.05, 0) is 55.7 Å². The number of nitrogens with zero attached hydrogens (tertiary/aromatic N) is 5. The fourth-order valence-electron chi connectivity index (χ4n) is 8.53. The van der Waals surface area contributed by atoms with E-state index in [-0.39, 0.29) is 68.3 Å². The first-order chi connectivity index (χ1) is 23.1. The maximum atomic E-state index is 17.0. The summed E-state index contributed by atoms with van der Waals surface area (Å²) in [5.41, 5.74) is -0.105. The van der Waals surface area contributed by atoms with Gasteiger partial charge in [0.2, 0.25) is 5.88 Å². The number of phenolic OH excluding ortho intramolecular Hbond substituents is 1. The van der Waals surface area contributed by atoms with E-state index in [1.54, 1.807) is 0 Å². The molecule has 0 radical (unpaired) electrons. The number of terminal acetylenes is 1. The molecule has 12 heteroatoms. The van der Waals surface area contributed by atoms with E-state index in [0.29, 0.717) is 49.1 Å². The summed E-state index contributed by atoms with van der Waals surface area (Å²) in [4.78, 5) is 18.5. The lowest BCUT2D eigenvalue weighted by atomic mass is 9.62. The third kappa shape index (κ3) is 4.73. The number of halogens is 3. The molecule has 1 spiro atoms. The molecule has 2 bridgehead atoms. The minimum atomic E-state index is -0.794. The molecule has 6 heterocycles. The zero-order valence-corrected chi connectivity index (χ0v) is 26.5. The molecule has 2 aromatic heterocycles. The first kappa shape index (κ1) is 29.8. The molecule has 2 atom stereocenters. The van der Waals surface area contributed by atoms with Crippen molar-refractivity contribution in [3.8, 4) is 41.2 Å². The molecule has 6 fully saturated rings. The van der Waals surface area contributed by atoms with Crippen LogP contribution in [0, 0.1) is 34.8 Å². The summed E-state index contributed by atoms with van der Waals surface area (Å²) in [5, 5.41) is 15.1. The van der Waals surface area contributed by atoms with Crippen LogP contribution in [0.2, 0.25) is 0 Å². The minimum absolute atomic E-state index is 0.0459. The highest BCUT2D eigenvalue weighted by Crippen LogP contribution is 2.54. The second kappa shape index (κ2) is 10.6. The Morgan fingerprint density at radius 2 is 1.83 bits per heavy atom. The van der Waals surface area contributed by atoms with E-state index in [0.717, 1.165) is 38.9 Å².